The molecule has 2 aromatic carbocycles. The van der Waals surface area contributed by atoms with Gasteiger partial charge < -0.3 is 4.90 Å². The zero-order chi connectivity index (χ0) is 19.1. The summed E-state index contributed by atoms with van der Waals surface area (Å²) in [5.74, 6) is 0. The third-order valence-electron chi connectivity index (χ3n) is 6.54. The molecule has 5 heteroatoms. The van der Waals surface area contributed by atoms with Crippen LogP contribution in [0.25, 0.3) is 0 Å². The molecule has 1 aliphatic heterocycles. The van der Waals surface area contributed by atoms with Crippen LogP contribution in [0.5, 0.6) is 0 Å². The standard InChI is InChI=1S/C23H30N4S/c1-26-12-11-16-14-20(10-9-19(16)15-26)28-25-24-27(2)23-21-7-3-5-17(21)13-18-6-4-8-22(18)23/h9-10,13-14,24-25H,3-8,11-12,15H2,1-2H3. The molecule has 0 spiro atoms. The Kier molecular flexibility index (Phi) is 5.09. The van der Waals surface area contributed by atoms with E-state index >= 15 is 0 Å². The van der Waals surface area contributed by atoms with Gasteiger partial charge in [0.05, 0.1) is 5.69 Å². The van der Waals surface area contributed by atoms with Gasteiger partial charge in [-0.2, -0.15) is 10.4 Å². The summed E-state index contributed by atoms with van der Waals surface area (Å²) in [6, 6.07) is 9.36. The molecule has 0 fully saturated rings. The summed E-state index contributed by atoms with van der Waals surface area (Å²) >= 11 is 1.67. The van der Waals surface area contributed by atoms with Crippen LogP contribution < -0.4 is 15.4 Å². The monoisotopic (exact) mass is 394 g/mol. The molecule has 2 aliphatic carbocycles. The van der Waals surface area contributed by atoms with E-state index in [1.165, 1.54) is 60.2 Å². The van der Waals surface area contributed by atoms with Crippen molar-refractivity contribution in [2.45, 2.75) is 56.4 Å². The number of benzene rings is 2. The smallest absolute Gasteiger partial charge is 0.0599 e. The Bertz CT molecular complexity index is 862. The summed E-state index contributed by atoms with van der Waals surface area (Å²) < 4.78 is 0. The lowest BCUT2D eigenvalue weighted by atomic mass is 9.98. The van der Waals surface area contributed by atoms with Crippen molar-refractivity contribution in [2.75, 3.05) is 25.6 Å². The van der Waals surface area contributed by atoms with E-state index in [0.29, 0.717) is 0 Å². The van der Waals surface area contributed by atoms with Gasteiger partial charge in [0.15, 0.2) is 0 Å². The highest BCUT2D eigenvalue weighted by Crippen LogP contribution is 2.39. The van der Waals surface area contributed by atoms with Gasteiger partial charge in [-0.3, -0.25) is 5.01 Å². The number of likely N-dealkylation sites (N-methyl/N-ethyl adjacent to an activating group) is 1. The van der Waals surface area contributed by atoms with Crippen LogP contribution >= 0.6 is 11.9 Å². The van der Waals surface area contributed by atoms with Gasteiger partial charge in [-0.05, 0) is 109 Å². The number of hydrogen-bond donors (Lipinski definition) is 2. The number of hydrazine groups is 2. The average Bonchev–Trinajstić information content (AvgIpc) is 3.34. The van der Waals surface area contributed by atoms with Crippen LogP contribution in [-0.2, 0) is 38.6 Å². The Labute approximate surface area is 172 Å². The van der Waals surface area contributed by atoms with Crippen LogP contribution in [0.2, 0.25) is 0 Å². The molecule has 28 heavy (non-hydrogen) atoms. The number of anilines is 1. The van der Waals surface area contributed by atoms with E-state index in [1.807, 2.05) is 0 Å². The molecule has 0 aromatic heterocycles. The van der Waals surface area contributed by atoms with Crippen molar-refractivity contribution in [1.29, 1.82) is 0 Å². The van der Waals surface area contributed by atoms with Gasteiger partial charge in [0.2, 0.25) is 0 Å². The third-order valence-corrected chi connectivity index (χ3v) is 7.22. The van der Waals surface area contributed by atoms with Crippen LogP contribution in [0.1, 0.15) is 46.2 Å². The van der Waals surface area contributed by atoms with Gasteiger partial charge in [-0.25, -0.2) is 0 Å². The number of aryl methyl sites for hydroxylation is 2. The number of hydrogen-bond acceptors (Lipinski definition) is 5. The summed E-state index contributed by atoms with van der Waals surface area (Å²) in [5, 5.41) is 2.22. The fraction of sp³-hybridized carbons (Fsp3) is 0.478. The molecule has 4 nitrogen and oxygen atoms in total. The molecule has 3 aliphatic rings. The Morgan fingerprint density at radius 2 is 1.64 bits per heavy atom. The molecule has 0 saturated carbocycles. The summed E-state index contributed by atoms with van der Waals surface area (Å²) in [7, 11) is 4.35. The van der Waals surface area contributed by atoms with Gasteiger partial charge in [0, 0.05) is 25.0 Å². The number of nitrogens with one attached hydrogen (secondary N) is 2. The first kappa shape index (κ1) is 18.5. The van der Waals surface area contributed by atoms with Crippen LogP contribution in [0.4, 0.5) is 5.69 Å². The lowest BCUT2D eigenvalue weighted by Gasteiger charge is -2.27. The van der Waals surface area contributed by atoms with E-state index in [0.717, 1.165) is 19.5 Å². The molecule has 2 N–H and O–H groups in total. The first-order valence-electron chi connectivity index (χ1n) is 10.6. The lowest BCUT2D eigenvalue weighted by Crippen LogP contribution is -2.42. The molecule has 0 radical (unpaired) electrons. The van der Waals surface area contributed by atoms with Crippen LogP contribution in [0.15, 0.2) is 29.2 Å². The molecular weight excluding hydrogens is 364 g/mol. The normalized spacial score (nSPS) is 18.1. The van der Waals surface area contributed by atoms with Crippen LogP contribution in [-0.4, -0.2) is 25.5 Å². The van der Waals surface area contributed by atoms with Crippen molar-refractivity contribution in [1.82, 2.24) is 15.3 Å². The van der Waals surface area contributed by atoms with Crippen molar-refractivity contribution >= 4 is 17.6 Å². The molecule has 2 aromatic rings. The van der Waals surface area contributed by atoms with E-state index in [2.05, 4.69) is 58.6 Å². The summed E-state index contributed by atoms with van der Waals surface area (Å²) in [6.45, 7) is 2.22. The largest absolute Gasteiger partial charge is 0.302 e. The van der Waals surface area contributed by atoms with Gasteiger partial charge in [-0.15, -0.1) is 0 Å². The SMILES string of the molecule is CN1CCc2cc(SNNN(C)c3c4c(cc5c3CCC5)CCC4)ccc2C1. The van der Waals surface area contributed by atoms with Gasteiger partial charge in [-0.1, -0.05) is 12.1 Å². The van der Waals surface area contributed by atoms with E-state index in [1.54, 1.807) is 34.2 Å². The molecule has 0 atom stereocenters. The van der Waals surface area contributed by atoms with Crippen LogP contribution in [0.3, 0.4) is 0 Å². The van der Waals surface area contributed by atoms with Crippen molar-refractivity contribution < 1.29 is 0 Å². The summed E-state index contributed by atoms with van der Waals surface area (Å²) in [6.07, 6.45) is 8.67. The van der Waals surface area contributed by atoms with E-state index < -0.39 is 0 Å². The van der Waals surface area contributed by atoms with Crippen molar-refractivity contribution in [2.24, 2.45) is 0 Å². The van der Waals surface area contributed by atoms with Gasteiger partial charge >= 0.3 is 0 Å². The zero-order valence-electron chi connectivity index (χ0n) is 17.0. The molecular formula is C23H30N4S. The topological polar surface area (TPSA) is 30.5 Å². The van der Waals surface area contributed by atoms with E-state index in [4.69, 9.17) is 0 Å². The quantitative estimate of drug-likeness (QED) is 0.595. The highest BCUT2D eigenvalue weighted by atomic mass is 32.2. The molecule has 0 amide bonds. The predicted molar refractivity (Wildman–Crippen MR) is 118 cm³/mol. The summed E-state index contributed by atoms with van der Waals surface area (Å²) in [4.78, 5) is 7.04. The minimum absolute atomic E-state index is 1.07. The predicted octanol–water partition coefficient (Wildman–Crippen LogP) is 3.80. The molecule has 5 rings (SSSR count). The molecule has 0 unspecified atom stereocenters. The Morgan fingerprint density at radius 3 is 2.39 bits per heavy atom. The lowest BCUT2D eigenvalue weighted by molar-refractivity contribution is 0.312. The molecule has 148 valence electrons. The molecule has 1 heterocycles. The number of fused-ring (bicyclic) bond motifs is 3. The first-order valence-corrected chi connectivity index (χ1v) is 11.4. The Hall–Kier alpha value is -1.53. The molecule has 0 bridgehead atoms. The minimum Gasteiger partial charge on any atom is -0.302 e. The molecule has 0 saturated heterocycles. The summed E-state index contributed by atoms with van der Waals surface area (Å²) in [5.41, 5.74) is 14.1. The van der Waals surface area contributed by atoms with Crippen LogP contribution in [0, 0.1) is 0 Å². The van der Waals surface area contributed by atoms with Gasteiger partial charge in [0.25, 0.3) is 0 Å². The average molecular weight is 395 g/mol. The fourth-order valence-electron chi connectivity index (χ4n) is 5.13. The third kappa shape index (κ3) is 3.45. The Balaban J connectivity index is 1.27. The van der Waals surface area contributed by atoms with Crippen molar-refractivity contribution in [3.8, 4) is 0 Å². The van der Waals surface area contributed by atoms with Crippen molar-refractivity contribution in [3.63, 3.8) is 0 Å². The van der Waals surface area contributed by atoms with Crippen molar-refractivity contribution in [3.05, 3.63) is 57.6 Å². The second-order valence-corrected chi connectivity index (χ2v) is 9.38. The second-order valence-electron chi connectivity index (χ2n) is 8.50. The maximum Gasteiger partial charge on any atom is 0.0599 e. The maximum atomic E-state index is 3.43. The second kappa shape index (κ2) is 7.71. The van der Waals surface area contributed by atoms with Gasteiger partial charge in [0.1, 0.15) is 0 Å². The highest BCUT2D eigenvalue weighted by Gasteiger charge is 2.25. The number of rotatable bonds is 5. The van der Waals surface area contributed by atoms with E-state index in [-0.39, 0.29) is 0 Å². The maximum absolute atomic E-state index is 3.43. The number of nitrogens with zero attached hydrogens (tertiary/aromatic N) is 2. The van der Waals surface area contributed by atoms with E-state index in [9.17, 15) is 0 Å². The first-order chi connectivity index (χ1) is 13.7. The fourth-order valence-corrected chi connectivity index (χ4v) is 5.77. The Morgan fingerprint density at radius 1 is 0.893 bits per heavy atom. The highest BCUT2D eigenvalue weighted by molar-refractivity contribution is 7.97. The zero-order valence-corrected chi connectivity index (χ0v) is 17.8. The minimum atomic E-state index is 1.07.